The van der Waals surface area contributed by atoms with Crippen LogP contribution in [0, 0.1) is 20.8 Å². The number of H-pyrrole nitrogens is 1. The Morgan fingerprint density at radius 2 is 2.12 bits per heavy atom. The van der Waals surface area contributed by atoms with Gasteiger partial charge >= 0.3 is 0 Å². The molecule has 10 heteroatoms. The number of imidazole rings is 1. The molecule has 0 saturated heterocycles. The van der Waals surface area contributed by atoms with Crippen LogP contribution >= 0.6 is 11.3 Å². The molecule has 0 saturated carbocycles. The average Bonchev–Trinajstić information content (AvgIpc) is 3.59. The van der Waals surface area contributed by atoms with Crippen molar-refractivity contribution in [1.29, 1.82) is 0 Å². The van der Waals surface area contributed by atoms with Gasteiger partial charge in [0.15, 0.2) is 0 Å². The zero-order valence-corrected chi connectivity index (χ0v) is 19.5. The van der Waals surface area contributed by atoms with Gasteiger partial charge in [-0.05, 0) is 45.4 Å². The third-order valence-electron chi connectivity index (χ3n) is 5.64. The summed E-state index contributed by atoms with van der Waals surface area (Å²) in [6, 6.07) is 5.72. The number of fused-ring (bicyclic) bond motifs is 1. The molecule has 0 fully saturated rings. The van der Waals surface area contributed by atoms with Crippen molar-refractivity contribution < 1.29 is 9.32 Å². The fourth-order valence-electron chi connectivity index (χ4n) is 4.01. The summed E-state index contributed by atoms with van der Waals surface area (Å²) < 4.78 is 7.39. The molecule has 5 aromatic rings. The van der Waals surface area contributed by atoms with Gasteiger partial charge in [-0.15, -0.1) is 11.3 Å². The topological polar surface area (TPSA) is 114 Å². The smallest absolute Gasteiger partial charge is 0.253 e. The van der Waals surface area contributed by atoms with E-state index < -0.39 is 0 Å². The van der Waals surface area contributed by atoms with Gasteiger partial charge in [0.05, 0.1) is 39.6 Å². The molecule has 1 unspecified atom stereocenters. The molecule has 5 aromatic heterocycles. The second-order valence-electron chi connectivity index (χ2n) is 7.89. The first-order valence-electron chi connectivity index (χ1n) is 10.6. The molecule has 0 aliphatic heterocycles. The Bertz CT molecular complexity index is 1430. The predicted octanol–water partition coefficient (Wildman–Crippen LogP) is 4.64. The van der Waals surface area contributed by atoms with E-state index in [1.165, 1.54) is 11.2 Å². The van der Waals surface area contributed by atoms with Gasteiger partial charge in [0.25, 0.3) is 5.91 Å². The molecule has 33 heavy (non-hydrogen) atoms. The number of aromatic nitrogens is 6. The average molecular weight is 462 g/mol. The minimum Gasteiger partial charge on any atom is -0.361 e. The van der Waals surface area contributed by atoms with E-state index in [0.717, 1.165) is 33.0 Å². The van der Waals surface area contributed by atoms with Crippen molar-refractivity contribution in [3.63, 3.8) is 0 Å². The zero-order valence-electron chi connectivity index (χ0n) is 18.7. The molecule has 1 atom stereocenters. The third-order valence-corrected chi connectivity index (χ3v) is 6.66. The van der Waals surface area contributed by atoms with E-state index in [1.807, 2.05) is 43.6 Å². The zero-order chi connectivity index (χ0) is 23.1. The van der Waals surface area contributed by atoms with Crippen LogP contribution in [0.25, 0.3) is 27.3 Å². The molecule has 0 bridgehead atoms. The normalized spacial score (nSPS) is 12.4. The lowest BCUT2D eigenvalue weighted by atomic mass is 10.0. The van der Waals surface area contributed by atoms with E-state index in [4.69, 9.17) is 9.51 Å². The first-order valence-corrected chi connectivity index (χ1v) is 11.4. The van der Waals surface area contributed by atoms with E-state index in [2.05, 4.69) is 44.7 Å². The second kappa shape index (κ2) is 8.28. The number of aromatic amines is 1. The maximum atomic E-state index is 13.4. The van der Waals surface area contributed by atoms with Crippen LogP contribution in [0.3, 0.4) is 0 Å². The van der Waals surface area contributed by atoms with Gasteiger partial charge in [-0.25, -0.2) is 9.97 Å². The molecule has 0 spiro atoms. The standard InChI is InChI=1S/C23H23N7O2S/c1-5-17(21-25-11-26-28-21)27-23(31)15-8-16(20-13(3)29-32-14(20)4)22-24-9-18(30(22)10-15)19-7-6-12(2)33-19/h6-11,17H,5H2,1-4H3,(H,27,31)(H,25,26,28). The van der Waals surface area contributed by atoms with Gasteiger partial charge in [-0.3, -0.25) is 14.3 Å². The Labute approximate surface area is 193 Å². The second-order valence-corrected chi connectivity index (χ2v) is 9.18. The number of hydrogen-bond donors (Lipinski definition) is 2. The van der Waals surface area contributed by atoms with E-state index in [0.29, 0.717) is 23.6 Å². The van der Waals surface area contributed by atoms with Gasteiger partial charge in [-0.2, -0.15) is 5.10 Å². The number of aryl methyl sites for hydroxylation is 3. The van der Waals surface area contributed by atoms with Crippen LogP contribution in [-0.4, -0.2) is 35.6 Å². The lowest BCUT2D eigenvalue weighted by molar-refractivity contribution is 0.0933. The highest BCUT2D eigenvalue weighted by Gasteiger charge is 2.23. The van der Waals surface area contributed by atoms with Crippen LogP contribution in [0.2, 0.25) is 0 Å². The summed E-state index contributed by atoms with van der Waals surface area (Å²) in [6.07, 6.45) is 5.78. The van der Waals surface area contributed by atoms with Crippen molar-refractivity contribution >= 4 is 22.9 Å². The van der Waals surface area contributed by atoms with E-state index in [9.17, 15) is 4.79 Å². The number of carbonyl (C=O) groups excluding carboxylic acids is 1. The number of nitrogens with zero attached hydrogens (tertiary/aromatic N) is 5. The molecule has 1 amide bonds. The minimum absolute atomic E-state index is 0.213. The predicted molar refractivity (Wildman–Crippen MR) is 125 cm³/mol. The molecule has 5 heterocycles. The number of thiophene rings is 1. The van der Waals surface area contributed by atoms with Crippen molar-refractivity contribution in [3.05, 3.63) is 64.6 Å². The summed E-state index contributed by atoms with van der Waals surface area (Å²) in [5, 5.41) is 13.9. The molecule has 0 radical (unpaired) electrons. The fourth-order valence-corrected chi connectivity index (χ4v) is 4.88. The summed E-state index contributed by atoms with van der Waals surface area (Å²) >= 11 is 1.69. The van der Waals surface area contributed by atoms with Gasteiger partial charge < -0.3 is 9.84 Å². The molecule has 2 N–H and O–H groups in total. The van der Waals surface area contributed by atoms with Crippen molar-refractivity contribution in [1.82, 2.24) is 35.0 Å². The lowest BCUT2D eigenvalue weighted by Crippen LogP contribution is -2.29. The monoisotopic (exact) mass is 461 g/mol. The van der Waals surface area contributed by atoms with Crippen LogP contribution in [-0.2, 0) is 0 Å². The molecule has 0 aromatic carbocycles. The Balaban J connectivity index is 1.66. The van der Waals surface area contributed by atoms with Gasteiger partial charge in [0.1, 0.15) is 23.6 Å². The van der Waals surface area contributed by atoms with Gasteiger partial charge in [-0.1, -0.05) is 12.1 Å². The van der Waals surface area contributed by atoms with E-state index in [-0.39, 0.29) is 11.9 Å². The number of amides is 1. The number of hydrogen-bond acceptors (Lipinski definition) is 7. The van der Waals surface area contributed by atoms with Crippen LogP contribution in [0.1, 0.15) is 51.9 Å². The maximum absolute atomic E-state index is 13.4. The first kappa shape index (κ1) is 21.1. The van der Waals surface area contributed by atoms with Crippen molar-refractivity contribution in [2.24, 2.45) is 0 Å². The van der Waals surface area contributed by atoms with E-state index in [1.54, 1.807) is 11.3 Å². The number of rotatable bonds is 6. The highest BCUT2D eigenvalue weighted by atomic mass is 32.1. The molecular weight excluding hydrogens is 438 g/mol. The summed E-state index contributed by atoms with van der Waals surface area (Å²) in [7, 11) is 0. The first-order chi connectivity index (χ1) is 16.0. The lowest BCUT2D eigenvalue weighted by Gasteiger charge is -2.15. The van der Waals surface area contributed by atoms with Gasteiger partial charge in [0.2, 0.25) is 0 Å². The Kier molecular flexibility index (Phi) is 5.29. The summed E-state index contributed by atoms with van der Waals surface area (Å²) in [5.41, 5.74) is 4.56. The van der Waals surface area contributed by atoms with Crippen molar-refractivity contribution in [3.8, 4) is 21.7 Å². The Hall–Kier alpha value is -3.79. The van der Waals surface area contributed by atoms with Crippen LogP contribution in [0.4, 0.5) is 0 Å². The highest BCUT2D eigenvalue weighted by Crippen LogP contribution is 2.35. The highest BCUT2D eigenvalue weighted by molar-refractivity contribution is 7.15. The molecule has 168 valence electrons. The van der Waals surface area contributed by atoms with Crippen LogP contribution in [0.5, 0.6) is 0 Å². The number of nitrogens with one attached hydrogen (secondary N) is 2. The number of pyridine rings is 1. The maximum Gasteiger partial charge on any atom is 0.253 e. The van der Waals surface area contributed by atoms with Gasteiger partial charge in [0, 0.05) is 16.6 Å². The Morgan fingerprint density at radius 1 is 1.27 bits per heavy atom. The molecule has 0 aliphatic rings. The van der Waals surface area contributed by atoms with Crippen LogP contribution < -0.4 is 5.32 Å². The molecule has 0 aliphatic carbocycles. The minimum atomic E-state index is -0.277. The third kappa shape index (κ3) is 3.72. The van der Waals surface area contributed by atoms with Crippen molar-refractivity contribution in [2.45, 2.75) is 40.2 Å². The summed E-state index contributed by atoms with van der Waals surface area (Å²) in [5.74, 6) is 1.09. The summed E-state index contributed by atoms with van der Waals surface area (Å²) in [4.78, 5) is 24.6. The number of carbonyl (C=O) groups is 1. The molecular formula is C23H23N7O2S. The Morgan fingerprint density at radius 3 is 2.76 bits per heavy atom. The SMILES string of the molecule is CCC(NC(=O)c1cc(-c2c(C)noc2C)c2ncc(-c3ccc(C)s3)n2c1)c1ncn[nH]1. The van der Waals surface area contributed by atoms with E-state index >= 15 is 0 Å². The quantitative estimate of drug-likeness (QED) is 0.381. The molecule has 9 nitrogen and oxygen atoms in total. The largest absolute Gasteiger partial charge is 0.361 e. The summed E-state index contributed by atoms with van der Waals surface area (Å²) in [6.45, 7) is 7.81. The van der Waals surface area contributed by atoms with Crippen molar-refractivity contribution in [2.75, 3.05) is 0 Å². The molecule has 5 rings (SSSR count). The van der Waals surface area contributed by atoms with Crippen LogP contribution in [0.15, 0.2) is 41.4 Å². The fraction of sp³-hybridized carbons (Fsp3) is 0.261.